The Balaban J connectivity index is 2.03. The standard InChI is InChI=1S/C17H20ClN3O/c1-3-12-4-8-15(9-5-12)21-17(19)20-11-13-6-7-14(18)10-16(13)22-2/h4-10H,3,11H2,1-2H3,(H3,19,20,21). The molecule has 2 rings (SSSR count). The van der Waals surface area contributed by atoms with Crippen LogP contribution in [0, 0.1) is 0 Å². The van der Waals surface area contributed by atoms with E-state index in [1.807, 2.05) is 24.3 Å². The van der Waals surface area contributed by atoms with E-state index in [-0.39, 0.29) is 0 Å². The zero-order chi connectivity index (χ0) is 15.9. The number of hydrogen-bond acceptors (Lipinski definition) is 2. The Labute approximate surface area is 136 Å². The second-order valence-electron chi connectivity index (χ2n) is 4.83. The van der Waals surface area contributed by atoms with Crippen molar-refractivity contribution >= 4 is 23.2 Å². The molecule has 2 aromatic rings. The van der Waals surface area contributed by atoms with E-state index in [1.165, 1.54) is 5.56 Å². The summed E-state index contributed by atoms with van der Waals surface area (Å²) in [6.07, 6.45) is 1.01. The van der Waals surface area contributed by atoms with Crippen LogP contribution in [0.4, 0.5) is 5.69 Å². The Morgan fingerprint density at radius 2 is 1.95 bits per heavy atom. The molecular formula is C17H20ClN3O. The first-order valence-corrected chi connectivity index (χ1v) is 7.48. The first kappa shape index (κ1) is 16.2. The fourth-order valence-electron chi connectivity index (χ4n) is 2.03. The number of anilines is 1. The van der Waals surface area contributed by atoms with Gasteiger partial charge in [0.25, 0.3) is 0 Å². The molecule has 0 saturated heterocycles. The summed E-state index contributed by atoms with van der Waals surface area (Å²) in [6, 6.07) is 13.6. The van der Waals surface area contributed by atoms with Crippen LogP contribution in [0.5, 0.6) is 5.75 Å². The summed E-state index contributed by atoms with van der Waals surface area (Å²) >= 11 is 5.94. The number of aryl methyl sites for hydroxylation is 1. The maximum Gasteiger partial charge on any atom is 0.193 e. The maximum absolute atomic E-state index is 5.94. The van der Waals surface area contributed by atoms with Gasteiger partial charge in [-0.2, -0.15) is 0 Å². The summed E-state index contributed by atoms with van der Waals surface area (Å²) in [5.74, 6) is 1.07. The minimum absolute atomic E-state index is 0.362. The normalized spacial score (nSPS) is 11.3. The molecule has 0 aromatic heterocycles. The fourth-order valence-corrected chi connectivity index (χ4v) is 2.19. The first-order valence-electron chi connectivity index (χ1n) is 7.10. The predicted octanol–water partition coefficient (Wildman–Crippen LogP) is 3.84. The number of ether oxygens (including phenoxy) is 1. The van der Waals surface area contributed by atoms with Gasteiger partial charge in [-0.25, -0.2) is 4.99 Å². The molecular weight excluding hydrogens is 298 g/mol. The largest absolute Gasteiger partial charge is 0.496 e. The van der Waals surface area contributed by atoms with Crippen molar-refractivity contribution in [3.63, 3.8) is 0 Å². The number of guanidine groups is 1. The lowest BCUT2D eigenvalue weighted by Crippen LogP contribution is -2.22. The number of halogens is 1. The third kappa shape index (κ3) is 4.40. The van der Waals surface area contributed by atoms with Gasteiger partial charge in [0.1, 0.15) is 5.75 Å². The number of nitrogens with two attached hydrogens (primary N) is 1. The molecule has 0 saturated carbocycles. The predicted molar refractivity (Wildman–Crippen MR) is 92.8 cm³/mol. The van der Waals surface area contributed by atoms with Crippen molar-refractivity contribution in [1.82, 2.24) is 0 Å². The highest BCUT2D eigenvalue weighted by atomic mass is 35.5. The summed E-state index contributed by atoms with van der Waals surface area (Å²) in [6.45, 7) is 2.55. The average molecular weight is 318 g/mol. The Kier molecular flexibility index (Phi) is 5.67. The van der Waals surface area contributed by atoms with E-state index < -0.39 is 0 Å². The van der Waals surface area contributed by atoms with E-state index in [1.54, 1.807) is 13.2 Å². The van der Waals surface area contributed by atoms with Crippen molar-refractivity contribution in [3.8, 4) is 5.75 Å². The van der Waals surface area contributed by atoms with E-state index in [4.69, 9.17) is 22.1 Å². The van der Waals surface area contributed by atoms with Crippen LogP contribution in [-0.2, 0) is 13.0 Å². The Morgan fingerprint density at radius 3 is 2.59 bits per heavy atom. The molecule has 116 valence electrons. The van der Waals surface area contributed by atoms with Crippen molar-refractivity contribution in [1.29, 1.82) is 0 Å². The highest BCUT2D eigenvalue weighted by Crippen LogP contribution is 2.23. The van der Waals surface area contributed by atoms with Crippen LogP contribution in [0.1, 0.15) is 18.1 Å². The van der Waals surface area contributed by atoms with Gasteiger partial charge in [0.2, 0.25) is 0 Å². The minimum Gasteiger partial charge on any atom is -0.496 e. The van der Waals surface area contributed by atoms with E-state index in [0.29, 0.717) is 23.3 Å². The molecule has 0 unspecified atom stereocenters. The molecule has 0 bridgehead atoms. The topological polar surface area (TPSA) is 59.6 Å². The van der Waals surface area contributed by atoms with Crippen LogP contribution >= 0.6 is 11.6 Å². The minimum atomic E-state index is 0.362. The number of benzene rings is 2. The van der Waals surface area contributed by atoms with Gasteiger partial charge in [-0.05, 0) is 36.2 Å². The highest BCUT2D eigenvalue weighted by molar-refractivity contribution is 6.30. The highest BCUT2D eigenvalue weighted by Gasteiger charge is 2.03. The smallest absolute Gasteiger partial charge is 0.193 e. The van der Waals surface area contributed by atoms with E-state index in [9.17, 15) is 0 Å². The van der Waals surface area contributed by atoms with Gasteiger partial charge in [-0.15, -0.1) is 0 Å². The summed E-state index contributed by atoms with van der Waals surface area (Å²) in [5, 5.41) is 3.70. The summed E-state index contributed by atoms with van der Waals surface area (Å²) in [4.78, 5) is 4.33. The molecule has 2 aromatic carbocycles. The van der Waals surface area contributed by atoms with Crippen molar-refractivity contribution in [2.24, 2.45) is 10.7 Å². The summed E-state index contributed by atoms with van der Waals surface area (Å²) < 4.78 is 5.29. The zero-order valence-corrected chi connectivity index (χ0v) is 13.5. The molecule has 3 N–H and O–H groups in total. The Morgan fingerprint density at radius 1 is 1.23 bits per heavy atom. The average Bonchev–Trinajstić information content (AvgIpc) is 2.54. The number of nitrogens with zero attached hydrogens (tertiary/aromatic N) is 1. The van der Waals surface area contributed by atoms with Crippen LogP contribution in [0.2, 0.25) is 5.02 Å². The Hall–Kier alpha value is -2.20. The van der Waals surface area contributed by atoms with Gasteiger partial charge >= 0.3 is 0 Å². The lowest BCUT2D eigenvalue weighted by atomic mass is 10.1. The quantitative estimate of drug-likeness (QED) is 0.650. The van der Waals surface area contributed by atoms with Gasteiger partial charge in [-0.1, -0.05) is 36.7 Å². The second-order valence-corrected chi connectivity index (χ2v) is 5.27. The van der Waals surface area contributed by atoms with Gasteiger partial charge in [0.15, 0.2) is 5.96 Å². The molecule has 0 aliphatic carbocycles. The Bertz CT molecular complexity index is 653. The van der Waals surface area contributed by atoms with Crippen molar-refractivity contribution in [3.05, 3.63) is 58.6 Å². The molecule has 0 amide bonds. The van der Waals surface area contributed by atoms with Gasteiger partial charge in [-0.3, -0.25) is 0 Å². The third-order valence-corrected chi connectivity index (χ3v) is 3.54. The monoisotopic (exact) mass is 317 g/mol. The van der Waals surface area contributed by atoms with Crippen molar-refractivity contribution in [2.75, 3.05) is 12.4 Å². The van der Waals surface area contributed by atoms with E-state index in [2.05, 4.69) is 29.4 Å². The van der Waals surface area contributed by atoms with Gasteiger partial charge in [0, 0.05) is 16.3 Å². The molecule has 0 spiro atoms. The number of hydrogen-bond donors (Lipinski definition) is 2. The van der Waals surface area contributed by atoms with Gasteiger partial charge < -0.3 is 15.8 Å². The van der Waals surface area contributed by atoms with Crippen molar-refractivity contribution in [2.45, 2.75) is 19.9 Å². The number of methoxy groups -OCH3 is 1. The van der Waals surface area contributed by atoms with Gasteiger partial charge in [0.05, 0.1) is 13.7 Å². The molecule has 0 aliphatic rings. The third-order valence-electron chi connectivity index (χ3n) is 3.30. The van der Waals surface area contributed by atoms with Crippen LogP contribution < -0.4 is 15.8 Å². The van der Waals surface area contributed by atoms with Crippen LogP contribution in [0.3, 0.4) is 0 Å². The molecule has 4 nitrogen and oxygen atoms in total. The maximum atomic E-state index is 5.94. The molecule has 0 heterocycles. The van der Waals surface area contributed by atoms with Crippen LogP contribution in [-0.4, -0.2) is 13.1 Å². The molecule has 5 heteroatoms. The van der Waals surface area contributed by atoms with Crippen molar-refractivity contribution < 1.29 is 4.74 Å². The van der Waals surface area contributed by atoms with E-state index in [0.717, 1.165) is 17.7 Å². The number of aliphatic imine (C=N–C) groups is 1. The summed E-state index contributed by atoms with van der Waals surface area (Å²) in [7, 11) is 1.61. The zero-order valence-electron chi connectivity index (χ0n) is 12.8. The lowest BCUT2D eigenvalue weighted by molar-refractivity contribution is 0.410. The fraction of sp³-hybridized carbons (Fsp3) is 0.235. The second kappa shape index (κ2) is 7.71. The van der Waals surface area contributed by atoms with Crippen LogP contribution in [0.15, 0.2) is 47.5 Å². The number of rotatable bonds is 5. The summed E-state index contributed by atoms with van der Waals surface area (Å²) in [5.41, 5.74) is 9.05. The van der Waals surface area contributed by atoms with Crippen LogP contribution in [0.25, 0.3) is 0 Å². The van der Waals surface area contributed by atoms with E-state index >= 15 is 0 Å². The molecule has 0 aliphatic heterocycles. The lowest BCUT2D eigenvalue weighted by Gasteiger charge is -2.09. The first-order chi connectivity index (χ1) is 10.6. The SMILES string of the molecule is CCc1ccc(NC(N)=NCc2ccc(Cl)cc2OC)cc1. The molecule has 0 atom stereocenters. The number of nitrogens with one attached hydrogen (secondary N) is 1. The molecule has 0 fully saturated rings. The molecule has 22 heavy (non-hydrogen) atoms. The molecule has 0 radical (unpaired) electrons.